The maximum absolute atomic E-state index is 13.1. The number of aryl methyl sites for hydroxylation is 1. The monoisotopic (exact) mass is 367 g/mol. The average molecular weight is 367 g/mol. The SMILES string of the molecule is Cc1cc(N2CCN(C(=O)[C@@H]3CCOc4ccccc4C3)CC2)nc(N)n1. The summed E-state index contributed by atoms with van der Waals surface area (Å²) < 4.78 is 5.81. The number of anilines is 2. The molecule has 27 heavy (non-hydrogen) atoms. The van der Waals surface area contributed by atoms with E-state index in [2.05, 4.69) is 20.9 Å². The van der Waals surface area contributed by atoms with E-state index in [1.807, 2.05) is 36.1 Å². The molecule has 7 heteroatoms. The van der Waals surface area contributed by atoms with Gasteiger partial charge >= 0.3 is 0 Å². The van der Waals surface area contributed by atoms with Crippen LogP contribution >= 0.6 is 0 Å². The van der Waals surface area contributed by atoms with E-state index in [1.54, 1.807) is 0 Å². The van der Waals surface area contributed by atoms with E-state index in [-0.39, 0.29) is 11.8 Å². The second-order valence-electron chi connectivity index (χ2n) is 7.18. The number of carbonyl (C=O) groups is 1. The fourth-order valence-corrected chi connectivity index (χ4v) is 3.85. The molecule has 0 unspecified atom stereocenters. The number of rotatable bonds is 2. The van der Waals surface area contributed by atoms with Crippen LogP contribution in [-0.2, 0) is 11.2 Å². The molecule has 1 atom stereocenters. The molecule has 1 amide bonds. The van der Waals surface area contributed by atoms with Crippen molar-refractivity contribution >= 4 is 17.7 Å². The van der Waals surface area contributed by atoms with Gasteiger partial charge in [0.1, 0.15) is 11.6 Å². The van der Waals surface area contributed by atoms with Crippen molar-refractivity contribution in [3.05, 3.63) is 41.6 Å². The van der Waals surface area contributed by atoms with Crippen LogP contribution in [-0.4, -0.2) is 53.6 Å². The summed E-state index contributed by atoms with van der Waals surface area (Å²) in [7, 11) is 0. The molecule has 1 saturated heterocycles. The smallest absolute Gasteiger partial charge is 0.226 e. The van der Waals surface area contributed by atoms with Crippen LogP contribution in [0.3, 0.4) is 0 Å². The molecular weight excluding hydrogens is 342 g/mol. The van der Waals surface area contributed by atoms with Crippen LogP contribution in [0.5, 0.6) is 5.75 Å². The Morgan fingerprint density at radius 2 is 1.96 bits per heavy atom. The minimum Gasteiger partial charge on any atom is -0.493 e. The number of carbonyl (C=O) groups excluding carboxylic acids is 1. The number of piperazine rings is 1. The Balaban J connectivity index is 1.40. The molecule has 2 aliphatic heterocycles. The quantitative estimate of drug-likeness (QED) is 0.869. The van der Waals surface area contributed by atoms with Crippen molar-refractivity contribution in [3.63, 3.8) is 0 Å². The van der Waals surface area contributed by atoms with Crippen LogP contribution in [0.25, 0.3) is 0 Å². The Kier molecular flexibility index (Phi) is 4.83. The minimum atomic E-state index is -0.0165. The second-order valence-corrected chi connectivity index (χ2v) is 7.18. The van der Waals surface area contributed by atoms with Gasteiger partial charge < -0.3 is 20.3 Å². The molecule has 0 saturated carbocycles. The van der Waals surface area contributed by atoms with Gasteiger partial charge in [-0.25, -0.2) is 4.98 Å². The predicted molar refractivity (Wildman–Crippen MR) is 104 cm³/mol. The molecule has 2 aliphatic rings. The minimum absolute atomic E-state index is 0.0165. The van der Waals surface area contributed by atoms with Gasteiger partial charge in [-0.05, 0) is 31.4 Å². The Labute approximate surface area is 159 Å². The second kappa shape index (κ2) is 7.42. The van der Waals surface area contributed by atoms with Crippen molar-refractivity contribution < 1.29 is 9.53 Å². The molecule has 0 radical (unpaired) electrons. The number of aromatic nitrogens is 2. The number of ether oxygens (including phenoxy) is 1. The summed E-state index contributed by atoms with van der Waals surface area (Å²) in [6.45, 7) is 5.39. The number of benzene rings is 1. The fourth-order valence-electron chi connectivity index (χ4n) is 3.85. The van der Waals surface area contributed by atoms with Gasteiger partial charge in [-0.15, -0.1) is 0 Å². The van der Waals surface area contributed by atoms with Gasteiger partial charge in [-0.2, -0.15) is 4.98 Å². The standard InChI is InChI=1S/C20H25N5O2/c1-14-12-18(23-20(21)22-14)24-7-9-25(10-8-24)19(26)16-6-11-27-17-5-3-2-4-15(17)13-16/h2-5,12,16H,6-11,13H2,1H3,(H2,21,22,23)/t16-/m1/s1. The zero-order valence-electron chi connectivity index (χ0n) is 15.6. The van der Waals surface area contributed by atoms with Gasteiger partial charge in [0.15, 0.2) is 0 Å². The van der Waals surface area contributed by atoms with Crippen LogP contribution in [0.2, 0.25) is 0 Å². The third-order valence-electron chi connectivity index (χ3n) is 5.29. The molecule has 1 fully saturated rings. The Morgan fingerprint density at radius 1 is 1.19 bits per heavy atom. The van der Waals surface area contributed by atoms with E-state index in [0.29, 0.717) is 25.6 Å². The summed E-state index contributed by atoms with van der Waals surface area (Å²) in [5, 5.41) is 0. The summed E-state index contributed by atoms with van der Waals surface area (Å²) in [5.74, 6) is 2.25. The summed E-state index contributed by atoms with van der Waals surface area (Å²) in [6.07, 6.45) is 1.51. The topological polar surface area (TPSA) is 84.6 Å². The molecule has 7 nitrogen and oxygen atoms in total. The Hall–Kier alpha value is -2.83. The Bertz CT molecular complexity index is 813. The van der Waals surface area contributed by atoms with Crippen molar-refractivity contribution in [2.75, 3.05) is 43.4 Å². The maximum atomic E-state index is 13.1. The first-order valence-electron chi connectivity index (χ1n) is 9.46. The predicted octanol–water partition coefficient (Wildman–Crippen LogP) is 1.66. The van der Waals surface area contributed by atoms with E-state index in [1.165, 1.54) is 0 Å². The number of amides is 1. The molecule has 4 rings (SSSR count). The highest BCUT2D eigenvalue weighted by molar-refractivity contribution is 5.79. The molecule has 142 valence electrons. The summed E-state index contributed by atoms with van der Waals surface area (Å²) in [6, 6.07) is 9.95. The lowest BCUT2D eigenvalue weighted by Crippen LogP contribution is -2.51. The summed E-state index contributed by atoms with van der Waals surface area (Å²) in [5.41, 5.74) is 7.75. The van der Waals surface area contributed by atoms with Crippen molar-refractivity contribution in [2.24, 2.45) is 5.92 Å². The van der Waals surface area contributed by atoms with Crippen LogP contribution < -0.4 is 15.4 Å². The molecule has 1 aromatic carbocycles. The number of nitrogens with zero attached hydrogens (tertiary/aromatic N) is 4. The number of para-hydroxylation sites is 1. The maximum Gasteiger partial charge on any atom is 0.226 e. The van der Waals surface area contributed by atoms with Crippen molar-refractivity contribution in [1.82, 2.24) is 14.9 Å². The molecule has 0 aliphatic carbocycles. The van der Waals surface area contributed by atoms with Gasteiger partial charge in [-0.3, -0.25) is 4.79 Å². The highest BCUT2D eigenvalue weighted by Gasteiger charge is 2.30. The van der Waals surface area contributed by atoms with E-state index >= 15 is 0 Å². The molecule has 1 aromatic heterocycles. The van der Waals surface area contributed by atoms with Crippen LogP contribution in [0.15, 0.2) is 30.3 Å². The summed E-state index contributed by atoms with van der Waals surface area (Å²) >= 11 is 0. The molecule has 0 bridgehead atoms. The number of hydrogen-bond donors (Lipinski definition) is 1. The third kappa shape index (κ3) is 3.82. The van der Waals surface area contributed by atoms with Gasteiger partial charge in [0, 0.05) is 43.9 Å². The number of nitrogens with two attached hydrogens (primary N) is 1. The zero-order valence-corrected chi connectivity index (χ0v) is 15.6. The van der Waals surface area contributed by atoms with Gasteiger partial charge in [0.05, 0.1) is 6.61 Å². The van der Waals surface area contributed by atoms with E-state index in [4.69, 9.17) is 10.5 Å². The van der Waals surface area contributed by atoms with E-state index in [9.17, 15) is 4.79 Å². The number of hydrogen-bond acceptors (Lipinski definition) is 6. The Morgan fingerprint density at radius 3 is 2.74 bits per heavy atom. The van der Waals surface area contributed by atoms with Crippen LogP contribution in [0, 0.1) is 12.8 Å². The third-order valence-corrected chi connectivity index (χ3v) is 5.29. The molecule has 2 aromatic rings. The molecule has 2 N–H and O–H groups in total. The van der Waals surface area contributed by atoms with Gasteiger partial charge in [0.2, 0.25) is 11.9 Å². The first-order valence-corrected chi connectivity index (χ1v) is 9.46. The zero-order chi connectivity index (χ0) is 18.8. The first-order chi connectivity index (χ1) is 13.1. The van der Waals surface area contributed by atoms with Gasteiger partial charge in [-0.1, -0.05) is 18.2 Å². The summed E-state index contributed by atoms with van der Waals surface area (Å²) in [4.78, 5) is 25.7. The highest BCUT2D eigenvalue weighted by Crippen LogP contribution is 2.28. The van der Waals surface area contributed by atoms with Crippen LogP contribution in [0.1, 0.15) is 17.7 Å². The van der Waals surface area contributed by atoms with Crippen molar-refractivity contribution in [3.8, 4) is 5.75 Å². The van der Waals surface area contributed by atoms with E-state index in [0.717, 1.165) is 48.8 Å². The first kappa shape index (κ1) is 17.6. The van der Waals surface area contributed by atoms with Crippen LogP contribution in [0.4, 0.5) is 11.8 Å². The van der Waals surface area contributed by atoms with Gasteiger partial charge in [0.25, 0.3) is 0 Å². The highest BCUT2D eigenvalue weighted by atomic mass is 16.5. The molecule has 0 spiro atoms. The molecular formula is C20H25N5O2. The lowest BCUT2D eigenvalue weighted by atomic mass is 9.95. The fraction of sp³-hybridized carbons (Fsp3) is 0.450. The number of nitrogen functional groups attached to an aromatic ring is 1. The van der Waals surface area contributed by atoms with E-state index < -0.39 is 0 Å². The largest absolute Gasteiger partial charge is 0.493 e. The lowest BCUT2D eigenvalue weighted by molar-refractivity contribution is -0.136. The van der Waals surface area contributed by atoms with Crippen molar-refractivity contribution in [1.29, 1.82) is 0 Å². The van der Waals surface area contributed by atoms with Crippen molar-refractivity contribution in [2.45, 2.75) is 19.8 Å². The average Bonchev–Trinajstić information content (AvgIpc) is 2.89. The lowest BCUT2D eigenvalue weighted by Gasteiger charge is -2.37. The molecule has 3 heterocycles. The normalized spacial score (nSPS) is 19.8. The number of fused-ring (bicyclic) bond motifs is 1.